The number of aryl methyl sites for hydroxylation is 1. The van der Waals surface area contributed by atoms with Crippen molar-refractivity contribution in [3.63, 3.8) is 0 Å². The summed E-state index contributed by atoms with van der Waals surface area (Å²) in [6.45, 7) is 0. The minimum Gasteiger partial charge on any atom is -0.318 e. The van der Waals surface area contributed by atoms with Gasteiger partial charge in [-0.15, -0.1) is 0 Å². The van der Waals surface area contributed by atoms with E-state index in [-0.39, 0.29) is 11.1 Å². The van der Waals surface area contributed by atoms with Gasteiger partial charge in [0.1, 0.15) is 23.0 Å². The third-order valence-electron chi connectivity index (χ3n) is 1.80. The molecule has 0 aliphatic rings. The molecular weight excluding hydrogens is 326 g/mol. The summed E-state index contributed by atoms with van der Waals surface area (Å²) >= 11 is 1.19. The van der Waals surface area contributed by atoms with Gasteiger partial charge < -0.3 is 4.57 Å². The van der Waals surface area contributed by atoms with Crippen LogP contribution in [0.2, 0.25) is 0 Å². The van der Waals surface area contributed by atoms with E-state index in [1.54, 1.807) is 0 Å². The summed E-state index contributed by atoms with van der Waals surface area (Å²) in [6, 6.07) is 2.18. The van der Waals surface area contributed by atoms with E-state index in [9.17, 15) is 18.0 Å². The molecule has 1 atom stereocenters. The number of halogens is 4. The lowest BCUT2D eigenvalue weighted by molar-refractivity contribution is -0.189. The summed E-state index contributed by atoms with van der Waals surface area (Å²) in [5.74, 6) is 0. The number of aromatic nitrogens is 1. The first-order chi connectivity index (χ1) is 6.86. The first kappa shape index (κ1) is 12.5. The van der Waals surface area contributed by atoms with E-state index in [1.165, 1.54) is 30.1 Å². The maximum absolute atomic E-state index is 12.4. The Morgan fingerprint density at radius 3 is 2.47 bits per heavy atom. The predicted molar refractivity (Wildman–Crippen MR) is 55.6 cm³/mol. The molecule has 1 aromatic heterocycles. The predicted octanol–water partition coefficient (Wildman–Crippen LogP) is 2.36. The van der Waals surface area contributed by atoms with E-state index in [0.29, 0.717) is 0 Å². The van der Waals surface area contributed by atoms with Gasteiger partial charge in [0.25, 0.3) is 0 Å². The lowest BCUT2D eigenvalue weighted by atomic mass is 10.1. The molecule has 3 nitrogen and oxygen atoms in total. The van der Waals surface area contributed by atoms with Gasteiger partial charge in [-0.2, -0.15) is 13.2 Å². The molecule has 0 aromatic carbocycles. The summed E-state index contributed by atoms with van der Waals surface area (Å²) in [4.78, 5) is 11.0. The highest BCUT2D eigenvalue weighted by Crippen LogP contribution is 2.36. The lowest BCUT2D eigenvalue weighted by Crippen LogP contribution is -2.23. The largest absolute Gasteiger partial charge is 0.419 e. The monoisotopic (exact) mass is 333 g/mol. The Labute approximate surface area is 97.5 Å². The maximum Gasteiger partial charge on any atom is 0.419 e. The van der Waals surface area contributed by atoms with Crippen molar-refractivity contribution in [3.8, 4) is 0 Å². The van der Waals surface area contributed by atoms with Gasteiger partial charge in [-0.3, -0.25) is 7.86 Å². The van der Waals surface area contributed by atoms with Gasteiger partial charge in [0, 0.05) is 24.9 Å². The number of alkyl halides is 3. The van der Waals surface area contributed by atoms with Gasteiger partial charge in [-0.05, 0) is 6.07 Å². The SMILES string of the molecule is Cn1cc(C(OI)C(F)(F)F)ccc1=O. The summed E-state index contributed by atoms with van der Waals surface area (Å²) in [5, 5.41) is 0. The highest BCUT2D eigenvalue weighted by atomic mass is 127. The number of hydrogen-bond acceptors (Lipinski definition) is 2. The number of hydrogen-bond donors (Lipinski definition) is 0. The Hall–Kier alpha value is -0.570. The van der Waals surface area contributed by atoms with Crippen molar-refractivity contribution in [1.82, 2.24) is 4.57 Å². The molecule has 1 heterocycles. The molecule has 0 N–H and O–H groups in total. The van der Waals surface area contributed by atoms with Crippen LogP contribution in [0.1, 0.15) is 11.7 Å². The van der Waals surface area contributed by atoms with Crippen molar-refractivity contribution in [2.45, 2.75) is 12.3 Å². The second-order valence-corrected chi connectivity index (χ2v) is 3.43. The normalized spacial score (nSPS) is 13.9. The molecule has 84 valence electrons. The summed E-state index contributed by atoms with van der Waals surface area (Å²) in [7, 11) is 1.38. The third kappa shape index (κ3) is 2.94. The van der Waals surface area contributed by atoms with Crippen LogP contribution in [0, 0.1) is 0 Å². The molecule has 1 rings (SSSR count). The molecule has 15 heavy (non-hydrogen) atoms. The fourth-order valence-corrected chi connectivity index (χ4v) is 1.64. The minimum absolute atomic E-state index is 0.0981. The van der Waals surface area contributed by atoms with Gasteiger partial charge in [-0.1, -0.05) is 0 Å². The molecule has 1 aromatic rings. The fraction of sp³-hybridized carbons (Fsp3) is 0.375. The highest BCUT2D eigenvalue weighted by Gasteiger charge is 2.42. The Morgan fingerprint density at radius 2 is 2.07 bits per heavy atom. The van der Waals surface area contributed by atoms with Gasteiger partial charge >= 0.3 is 6.18 Å². The van der Waals surface area contributed by atoms with E-state index >= 15 is 0 Å². The van der Waals surface area contributed by atoms with Crippen LogP contribution in [0.25, 0.3) is 0 Å². The smallest absolute Gasteiger partial charge is 0.318 e. The molecular formula is C8H7F3INO2. The molecule has 0 fully saturated rings. The standard InChI is InChI=1S/C8H7F3INO2/c1-13-4-5(2-3-6(13)14)7(15-12)8(9,10)11/h2-4,7H,1H3. The van der Waals surface area contributed by atoms with Crippen molar-refractivity contribution in [2.24, 2.45) is 7.05 Å². The fourth-order valence-electron chi connectivity index (χ4n) is 1.06. The van der Waals surface area contributed by atoms with Crippen LogP contribution in [0.3, 0.4) is 0 Å². The zero-order valence-corrected chi connectivity index (χ0v) is 9.74. The van der Waals surface area contributed by atoms with Crippen LogP contribution in [0.5, 0.6) is 0 Å². The highest BCUT2D eigenvalue weighted by molar-refractivity contribution is 14.1. The molecule has 0 aliphatic heterocycles. The van der Waals surface area contributed by atoms with Crippen LogP contribution in [-0.4, -0.2) is 10.7 Å². The molecule has 7 heteroatoms. The Morgan fingerprint density at radius 1 is 1.47 bits per heavy atom. The van der Waals surface area contributed by atoms with Gasteiger partial charge in [0.2, 0.25) is 5.56 Å². The van der Waals surface area contributed by atoms with Crippen LogP contribution in [0.4, 0.5) is 13.2 Å². The topological polar surface area (TPSA) is 31.2 Å². The first-order valence-corrected chi connectivity index (χ1v) is 4.75. The Balaban J connectivity index is 3.14. The second kappa shape index (κ2) is 4.52. The van der Waals surface area contributed by atoms with Crippen LogP contribution >= 0.6 is 23.0 Å². The van der Waals surface area contributed by atoms with Crippen molar-refractivity contribution in [1.29, 1.82) is 0 Å². The quantitative estimate of drug-likeness (QED) is 0.778. The van der Waals surface area contributed by atoms with Crippen molar-refractivity contribution in [3.05, 3.63) is 34.2 Å². The number of pyridine rings is 1. The van der Waals surface area contributed by atoms with Gasteiger partial charge in [0.05, 0.1) is 0 Å². The minimum atomic E-state index is -4.49. The summed E-state index contributed by atoms with van der Waals surface area (Å²) < 4.78 is 42.7. The zero-order valence-electron chi connectivity index (χ0n) is 7.58. The first-order valence-electron chi connectivity index (χ1n) is 3.87. The molecule has 0 bridgehead atoms. The number of nitrogens with zero attached hydrogens (tertiary/aromatic N) is 1. The Bertz CT molecular complexity index is 402. The van der Waals surface area contributed by atoms with Crippen molar-refractivity contribution < 1.29 is 16.2 Å². The van der Waals surface area contributed by atoms with E-state index in [4.69, 9.17) is 0 Å². The maximum atomic E-state index is 12.4. The van der Waals surface area contributed by atoms with Crippen LogP contribution in [0.15, 0.2) is 23.1 Å². The number of rotatable bonds is 2. The van der Waals surface area contributed by atoms with Crippen molar-refractivity contribution >= 4 is 23.0 Å². The zero-order chi connectivity index (χ0) is 11.6. The van der Waals surface area contributed by atoms with Gasteiger partial charge in [-0.25, -0.2) is 0 Å². The van der Waals surface area contributed by atoms with E-state index in [0.717, 1.165) is 22.9 Å². The van der Waals surface area contributed by atoms with Crippen LogP contribution < -0.4 is 5.56 Å². The molecule has 0 saturated carbocycles. The average molecular weight is 333 g/mol. The lowest BCUT2D eigenvalue weighted by Gasteiger charge is -2.17. The van der Waals surface area contributed by atoms with E-state index in [2.05, 4.69) is 3.07 Å². The molecule has 0 spiro atoms. The molecule has 0 saturated heterocycles. The van der Waals surface area contributed by atoms with Crippen molar-refractivity contribution in [2.75, 3.05) is 0 Å². The second-order valence-electron chi connectivity index (χ2n) is 2.92. The molecule has 0 radical (unpaired) electrons. The Kier molecular flexibility index (Phi) is 3.77. The average Bonchev–Trinajstić information content (AvgIpc) is 2.10. The molecule has 0 aliphatic carbocycles. The third-order valence-corrected chi connectivity index (χ3v) is 2.31. The van der Waals surface area contributed by atoms with Crippen LogP contribution in [-0.2, 0) is 10.1 Å². The molecule has 0 amide bonds. The van der Waals surface area contributed by atoms with E-state index in [1.807, 2.05) is 0 Å². The van der Waals surface area contributed by atoms with E-state index < -0.39 is 12.3 Å². The summed E-state index contributed by atoms with van der Waals surface area (Å²) in [5.41, 5.74) is -0.466. The summed E-state index contributed by atoms with van der Waals surface area (Å²) in [6.07, 6.45) is -5.39. The molecule has 1 unspecified atom stereocenters. The van der Waals surface area contributed by atoms with Gasteiger partial charge in [0.15, 0.2) is 6.10 Å².